The second kappa shape index (κ2) is 3.08. The Labute approximate surface area is 98.6 Å². The molecule has 0 spiro atoms. The zero-order valence-corrected chi connectivity index (χ0v) is 9.14. The summed E-state index contributed by atoms with van der Waals surface area (Å²) in [6.45, 7) is 0. The van der Waals surface area contributed by atoms with E-state index in [2.05, 4.69) is 64.8 Å². The lowest BCUT2D eigenvalue weighted by Gasteiger charge is -2.01. The minimum atomic E-state index is 1.05. The molecular formula is C15H10N2. The smallest absolute Gasteiger partial charge is 0.101 e. The van der Waals surface area contributed by atoms with Gasteiger partial charge in [-0.15, -0.1) is 0 Å². The first-order valence-electron chi connectivity index (χ1n) is 5.68. The largest absolute Gasteiger partial charge is 0.277 e. The summed E-state index contributed by atoms with van der Waals surface area (Å²) < 4.78 is 0. The number of rotatable bonds is 0. The molecule has 80 valence electrons. The summed E-state index contributed by atoms with van der Waals surface area (Å²) in [6, 6.07) is 14.6. The summed E-state index contributed by atoms with van der Waals surface area (Å²) in [4.78, 5) is 0. The highest BCUT2D eigenvalue weighted by molar-refractivity contribution is 6.04. The number of hydrogen-bond acceptors (Lipinski definition) is 1. The maximum atomic E-state index is 4.46. The molecule has 1 heterocycles. The Kier molecular flexibility index (Phi) is 1.59. The number of H-pyrrole nitrogens is 1. The summed E-state index contributed by atoms with van der Waals surface area (Å²) in [5.74, 6) is 0. The second-order valence-electron chi connectivity index (χ2n) is 4.26. The number of hydrogen-bond donors (Lipinski definition) is 1. The molecule has 1 N–H and O–H groups in total. The van der Waals surface area contributed by atoms with E-state index in [0.29, 0.717) is 0 Å². The topological polar surface area (TPSA) is 28.7 Å². The van der Waals surface area contributed by atoms with Gasteiger partial charge in [-0.05, 0) is 17.2 Å². The van der Waals surface area contributed by atoms with Gasteiger partial charge in [0.15, 0.2) is 0 Å². The average Bonchev–Trinajstić information content (AvgIpc) is 2.73. The first-order chi connectivity index (χ1) is 8.43. The molecule has 1 aliphatic carbocycles. The third-order valence-electron chi connectivity index (χ3n) is 3.28. The molecule has 0 radical (unpaired) electrons. The molecule has 1 aliphatic rings. The van der Waals surface area contributed by atoms with Crippen LogP contribution >= 0.6 is 0 Å². The maximum absolute atomic E-state index is 4.46. The van der Waals surface area contributed by atoms with Crippen molar-refractivity contribution in [3.8, 4) is 11.3 Å². The minimum absolute atomic E-state index is 1.05. The molecule has 2 aromatic carbocycles. The fourth-order valence-corrected chi connectivity index (χ4v) is 2.47. The van der Waals surface area contributed by atoms with Crippen LogP contribution in [0.5, 0.6) is 0 Å². The minimum Gasteiger partial charge on any atom is -0.277 e. The van der Waals surface area contributed by atoms with Crippen LogP contribution in [0, 0.1) is 0 Å². The van der Waals surface area contributed by atoms with Gasteiger partial charge in [-0.2, -0.15) is 5.10 Å². The van der Waals surface area contributed by atoms with Crippen molar-refractivity contribution in [3.63, 3.8) is 0 Å². The van der Waals surface area contributed by atoms with Crippen LogP contribution in [0.3, 0.4) is 0 Å². The monoisotopic (exact) mass is 218 g/mol. The zero-order chi connectivity index (χ0) is 11.2. The number of benzene rings is 2. The van der Waals surface area contributed by atoms with Gasteiger partial charge in [0.1, 0.15) is 5.69 Å². The van der Waals surface area contributed by atoms with Gasteiger partial charge >= 0.3 is 0 Å². The molecule has 0 saturated heterocycles. The Hall–Kier alpha value is -2.35. The summed E-state index contributed by atoms with van der Waals surface area (Å²) in [5.41, 5.74) is 5.79. The predicted molar refractivity (Wildman–Crippen MR) is 70.5 cm³/mol. The van der Waals surface area contributed by atoms with E-state index in [0.717, 1.165) is 11.2 Å². The van der Waals surface area contributed by atoms with Crippen LogP contribution in [0.1, 0.15) is 11.1 Å². The van der Waals surface area contributed by atoms with Gasteiger partial charge in [-0.3, -0.25) is 5.10 Å². The molecule has 2 nitrogen and oxygen atoms in total. The fourth-order valence-electron chi connectivity index (χ4n) is 2.47. The van der Waals surface area contributed by atoms with E-state index in [1.54, 1.807) is 0 Å². The summed E-state index contributed by atoms with van der Waals surface area (Å²) >= 11 is 0. The van der Waals surface area contributed by atoms with Crippen LogP contribution in [0.2, 0.25) is 0 Å². The average molecular weight is 218 g/mol. The van der Waals surface area contributed by atoms with E-state index in [9.17, 15) is 0 Å². The van der Waals surface area contributed by atoms with Gasteiger partial charge < -0.3 is 0 Å². The van der Waals surface area contributed by atoms with Gasteiger partial charge in [0.2, 0.25) is 0 Å². The Morgan fingerprint density at radius 2 is 1.65 bits per heavy atom. The van der Waals surface area contributed by atoms with Gasteiger partial charge in [0.25, 0.3) is 0 Å². The molecule has 0 saturated carbocycles. The van der Waals surface area contributed by atoms with Crippen LogP contribution in [0.15, 0.2) is 42.5 Å². The van der Waals surface area contributed by atoms with Crippen LogP contribution in [0.25, 0.3) is 34.3 Å². The second-order valence-corrected chi connectivity index (χ2v) is 4.26. The summed E-state index contributed by atoms with van der Waals surface area (Å²) in [6.07, 6.45) is 4.32. The van der Waals surface area contributed by atoms with Crippen molar-refractivity contribution in [2.24, 2.45) is 0 Å². The normalized spacial score (nSPS) is 12.5. The lowest BCUT2D eigenvalue weighted by molar-refractivity contribution is 1.12. The molecule has 0 amide bonds. The van der Waals surface area contributed by atoms with Gasteiger partial charge in [0.05, 0.1) is 5.52 Å². The van der Waals surface area contributed by atoms with Crippen molar-refractivity contribution in [3.05, 3.63) is 53.6 Å². The molecule has 0 unspecified atom stereocenters. The fraction of sp³-hybridized carbons (Fsp3) is 0. The molecule has 3 aromatic rings. The van der Waals surface area contributed by atoms with Crippen molar-refractivity contribution in [2.45, 2.75) is 0 Å². The molecule has 17 heavy (non-hydrogen) atoms. The molecule has 0 fully saturated rings. The van der Waals surface area contributed by atoms with Gasteiger partial charge in [-0.1, -0.05) is 48.6 Å². The number of aromatic amines is 1. The number of aromatic nitrogens is 2. The molecular weight excluding hydrogens is 208 g/mol. The molecule has 4 rings (SSSR count). The van der Waals surface area contributed by atoms with Crippen molar-refractivity contribution < 1.29 is 0 Å². The highest BCUT2D eigenvalue weighted by Gasteiger charge is 2.15. The van der Waals surface area contributed by atoms with Crippen molar-refractivity contribution >= 4 is 23.1 Å². The molecule has 0 atom stereocenters. The maximum Gasteiger partial charge on any atom is 0.101 e. The molecule has 0 aliphatic heterocycles. The van der Waals surface area contributed by atoms with E-state index in [-0.39, 0.29) is 0 Å². The number of nitrogens with one attached hydrogen (secondary N) is 1. The van der Waals surface area contributed by atoms with Crippen LogP contribution in [0.4, 0.5) is 0 Å². The molecule has 1 aromatic heterocycles. The van der Waals surface area contributed by atoms with E-state index in [1.807, 2.05) is 0 Å². The Morgan fingerprint density at radius 3 is 2.65 bits per heavy atom. The van der Waals surface area contributed by atoms with Crippen molar-refractivity contribution in [2.75, 3.05) is 0 Å². The molecule has 0 bridgehead atoms. The lowest BCUT2D eigenvalue weighted by Crippen LogP contribution is -1.82. The third kappa shape index (κ3) is 1.12. The standard InChI is InChI=1S/C15H10N2/c1-2-6-12-10(4-1)8-9-11-5-3-7-13-14(11)15(12)17-16-13/h1-9H,(H,16,17). The highest BCUT2D eigenvalue weighted by atomic mass is 15.1. The predicted octanol–water partition coefficient (Wildman–Crippen LogP) is 3.71. The van der Waals surface area contributed by atoms with E-state index in [4.69, 9.17) is 0 Å². The number of fused-ring (bicyclic) bond motifs is 2. The Morgan fingerprint density at radius 1 is 0.824 bits per heavy atom. The number of nitrogens with zero attached hydrogens (tertiary/aromatic N) is 1. The van der Waals surface area contributed by atoms with Crippen LogP contribution in [-0.4, -0.2) is 10.2 Å². The van der Waals surface area contributed by atoms with Crippen molar-refractivity contribution in [1.29, 1.82) is 0 Å². The third-order valence-corrected chi connectivity index (χ3v) is 3.28. The van der Waals surface area contributed by atoms with E-state index >= 15 is 0 Å². The quantitative estimate of drug-likeness (QED) is 0.479. The first-order valence-corrected chi connectivity index (χ1v) is 5.68. The summed E-state index contributed by atoms with van der Waals surface area (Å²) in [5, 5.41) is 8.78. The van der Waals surface area contributed by atoms with Gasteiger partial charge in [0, 0.05) is 10.9 Å². The Balaban J connectivity index is 2.23. The summed E-state index contributed by atoms with van der Waals surface area (Å²) in [7, 11) is 0. The zero-order valence-electron chi connectivity index (χ0n) is 9.14. The SMILES string of the molecule is C1=Cc2cccc3[nH]nc(c23)-c2ccccc21. The van der Waals surface area contributed by atoms with Crippen LogP contribution < -0.4 is 0 Å². The van der Waals surface area contributed by atoms with Gasteiger partial charge in [-0.25, -0.2) is 0 Å². The molecule has 2 heteroatoms. The Bertz CT molecular complexity index is 750. The van der Waals surface area contributed by atoms with E-state index in [1.165, 1.54) is 22.1 Å². The van der Waals surface area contributed by atoms with Crippen LogP contribution in [-0.2, 0) is 0 Å². The van der Waals surface area contributed by atoms with Crippen molar-refractivity contribution in [1.82, 2.24) is 10.2 Å². The highest BCUT2D eigenvalue weighted by Crippen LogP contribution is 2.35. The lowest BCUT2D eigenvalue weighted by atomic mass is 10.0. The first kappa shape index (κ1) is 8.76. The van der Waals surface area contributed by atoms with E-state index < -0.39 is 0 Å².